The monoisotopic (exact) mass is 303 g/mol. The lowest BCUT2D eigenvalue weighted by molar-refractivity contribution is 0.0970. The second-order valence-electron chi connectivity index (χ2n) is 7.57. The third kappa shape index (κ3) is 3.50. The highest BCUT2D eigenvalue weighted by Gasteiger charge is 2.32. The summed E-state index contributed by atoms with van der Waals surface area (Å²) in [7, 11) is 0. The Bertz CT molecular complexity index is 606. The lowest BCUT2D eigenvalue weighted by atomic mass is 9.83. The molecule has 1 aliphatic heterocycles. The average molecular weight is 303 g/mol. The van der Waals surface area contributed by atoms with E-state index in [9.17, 15) is 10.1 Å². The van der Waals surface area contributed by atoms with Gasteiger partial charge in [0.25, 0.3) is 5.91 Å². The molecule has 1 atom stereocenters. The van der Waals surface area contributed by atoms with E-state index in [2.05, 4.69) is 31.7 Å². The molecule has 0 bridgehead atoms. The number of furan rings is 1. The fraction of sp³-hybridized carbons (Fsp3) is 0.647. The summed E-state index contributed by atoms with van der Waals surface area (Å²) in [6, 6.07) is 4.18. The molecule has 0 unspecified atom stereocenters. The molecule has 1 saturated heterocycles. The first-order valence-electron chi connectivity index (χ1n) is 7.71. The quantitative estimate of drug-likeness (QED) is 0.930. The van der Waals surface area contributed by atoms with E-state index >= 15 is 0 Å². The second kappa shape index (κ2) is 5.77. The molecule has 120 valence electrons. The topological polar surface area (TPSA) is 83.3 Å². The molecule has 1 amide bonds. The molecule has 5 nitrogen and oxygen atoms in total. The molecule has 0 radical (unpaired) electrons. The van der Waals surface area contributed by atoms with Crippen LogP contribution < -0.4 is 5.73 Å². The van der Waals surface area contributed by atoms with E-state index in [1.807, 2.05) is 6.92 Å². The number of amides is 1. The van der Waals surface area contributed by atoms with Gasteiger partial charge in [-0.25, -0.2) is 0 Å². The largest absolute Gasteiger partial charge is 0.455 e. The molecule has 0 aliphatic carbocycles. The number of nitriles is 1. The number of rotatable bonds is 3. The van der Waals surface area contributed by atoms with Gasteiger partial charge in [0.1, 0.15) is 5.76 Å². The van der Waals surface area contributed by atoms with Crippen LogP contribution >= 0.6 is 0 Å². The van der Waals surface area contributed by atoms with E-state index in [0.29, 0.717) is 6.54 Å². The minimum absolute atomic E-state index is 0.197. The van der Waals surface area contributed by atoms with E-state index in [0.717, 1.165) is 37.3 Å². The van der Waals surface area contributed by atoms with Crippen LogP contribution in [0.15, 0.2) is 10.5 Å². The van der Waals surface area contributed by atoms with Gasteiger partial charge in [0, 0.05) is 24.1 Å². The van der Waals surface area contributed by atoms with E-state index in [4.69, 9.17) is 10.2 Å². The van der Waals surface area contributed by atoms with Gasteiger partial charge >= 0.3 is 0 Å². The number of piperidine rings is 1. The first-order valence-corrected chi connectivity index (χ1v) is 7.71. The van der Waals surface area contributed by atoms with Crippen LogP contribution in [0.4, 0.5) is 0 Å². The van der Waals surface area contributed by atoms with Crippen molar-refractivity contribution in [3.05, 3.63) is 23.2 Å². The van der Waals surface area contributed by atoms with Gasteiger partial charge in [-0.05, 0) is 32.4 Å². The van der Waals surface area contributed by atoms with E-state index < -0.39 is 5.91 Å². The van der Waals surface area contributed by atoms with Crippen molar-refractivity contribution >= 4 is 5.91 Å². The van der Waals surface area contributed by atoms with Gasteiger partial charge in [0.15, 0.2) is 5.76 Å². The Kier molecular flexibility index (Phi) is 4.35. The Morgan fingerprint density at radius 1 is 1.55 bits per heavy atom. The third-order valence-electron chi connectivity index (χ3n) is 4.17. The molecule has 0 saturated carbocycles. The summed E-state index contributed by atoms with van der Waals surface area (Å²) in [5.74, 6) is 0.461. The maximum absolute atomic E-state index is 11.4. The van der Waals surface area contributed by atoms with Crippen LogP contribution in [-0.2, 0) is 12.0 Å². The standard InChI is InChI=1S/C17H25N3O2/c1-16(2,3)14-12(8-13(22-14)15(19)21)9-20-7-5-6-17(4,10-18)11-20/h8H,5-7,9,11H2,1-4H3,(H2,19,21)/t17-/m1/s1. The Labute approximate surface area is 132 Å². The number of primary amides is 1. The highest BCUT2D eigenvalue weighted by molar-refractivity contribution is 5.90. The van der Waals surface area contributed by atoms with Gasteiger partial charge in [-0.2, -0.15) is 5.26 Å². The first-order chi connectivity index (χ1) is 10.1. The van der Waals surface area contributed by atoms with Gasteiger partial charge in [-0.3, -0.25) is 9.69 Å². The molecule has 2 N–H and O–H groups in total. The molecule has 1 fully saturated rings. The Morgan fingerprint density at radius 3 is 2.77 bits per heavy atom. The molecule has 1 aromatic heterocycles. The SMILES string of the molecule is CC(C)(C)c1oc(C(N)=O)cc1CN1CCC[C@](C)(C#N)C1. The van der Waals surface area contributed by atoms with Gasteiger partial charge < -0.3 is 10.2 Å². The summed E-state index contributed by atoms with van der Waals surface area (Å²) in [4.78, 5) is 13.7. The first kappa shape index (κ1) is 16.6. The van der Waals surface area contributed by atoms with Crippen LogP contribution in [0.3, 0.4) is 0 Å². The predicted octanol–water partition coefficient (Wildman–Crippen LogP) is 2.80. The molecule has 22 heavy (non-hydrogen) atoms. The van der Waals surface area contributed by atoms with Crippen molar-refractivity contribution in [1.82, 2.24) is 4.90 Å². The molecule has 1 aromatic rings. The highest BCUT2D eigenvalue weighted by atomic mass is 16.4. The highest BCUT2D eigenvalue weighted by Crippen LogP contribution is 2.33. The summed E-state index contributed by atoms with van der Waals surface area (Å²) in [6.45, 7) is 10.5. The van der Waals surface area contributed by atoms with Gasteiger partial charge in [-0.15, -0.1) is 0 Å². The molecule has 2 rings (SSSR count). The van der Waals surface area contributed by atoms with Crippen LogP contribution in [0.1, 0.15) is 62.4 Å². The fourth-order valence-corrected chi connectivity index (χ4v) is 3.11. The molecule has 1 aliphatic rings. The van der Waals surface area contributed by atoms with E-state index in [-0.39, 0.29) is 16.6 Å². The zero-order valence-corrected chi connectivity index (χ0v) is 13.9. The Balaban J connectivity index is 2.25. The van der Waals surface area contributed by atoms with E-state index in [1.165, 1.54) is 0 Å². The third-order valence-corrected chi connectivity index (χ3v) is 4.17. The molecular formula is C17H25N3O2. The van der Waals surface area contributed by atoms with Crippen molar-refractivity contribution in [1.29, 1.82) is 5.26 Å². The maximum Gasteiger partial charge on any atom is 0.284 e. The molecule has 5 heteroatoms. The van der Waals surface area contributed by atoms with Crippen LogP contribution in [0.2, 0.25) is 0 Å². The summed E-state index contributed by atoms with van der Waals surface area (Å²) in [5, 5.41) is 9.34. The summed E-state index contributed by atoms with van der Waals surface area (Å²) >= 11 is 0. The number of nitrogens with zero attached hydrogens (tertiary/aromatic N) is 2. The van der Waals surface area contributed by atoms with Crippen molar-refractivity contribution in [2.45, 2.75) is 52.5 Å². The molecular weight excluding hydrogens is 278 g/mol. The smallest absolute Gasteiger partial charge is 0.284 e. The fourth-order valence-electron chi connectivity index (χ4n) is 3.11. The van der Waals surface area contributed by atoms with Crippen molar-refractivity contribution in [3.8, 4) is 6.07 Å². The van der Waals surface area contributed by atoms with Crippen LogP contribution in [0, 0.1) is 16.7 Å². The van der Waals surface area contributed by atoms with Gasteiger partial charge in [0.2, 0.25) is 0 Å². The van der Waals surface area contributed by atoms with Crippen LogP contribution in [-0.4, -0.2) is 23.9 Å². The zero-order valence-electron chi connectivity index (χ0n) is 13.9. The van der Waals surface area contributed by atoms with Crippen molar-refractivity contribution in [2.75, 3.05) is 13.1 Å². The molecule has 0 aromatic carbocycles. The average Bonchev–Trinajstić information content (AvgIpc) is 2.83. The normalized spacial score (nSPS) is 23.2. The predicted molar refractivity (Wildman–Crippen MR) is 84.2 cm³/mol. The number of carbonyl (C=O) groups excluding carboxylic acids is 1. The second-order valence-corrected chi connectivity index (χ2v) is 7.57. The number of carbonyl (C=O) groups is 1. The zero-order chi connectivity index (χ0) is 16.5. The van der Waals surface area contributed by atoms with Crippen LogP contribution in [0.25, 0.3) is 0 Å². The molecule has 0 spiro atoms. The minimum atomic E-state index is -0.544. The van der Waals surface area contributed by atoms with Crippen LogP contribution in [0.5, 0.6) is 0 Å². The Hall–Kier alpha value is -1.80. The summed E-state index contributed by atoms with van der Waals surface area (Å²) in [6.07, 6.45) is 1.94. The van der Waals surface area contributed by atoms with Crippen molar-refractivity contribution in [3.63, 3.8) is 0 Å². The van der Waals surface area contributed by atoms with E-state index in [1.54, 1.807) is 6.07 Å². The Morgan fingerprint density at radius 2 is 2.23 bits per heavy atom. The van der Waals surface area contributed by atoms with Crippen molar-refractivity contribution in [2.24, 2.45) is 11.1 Å². The summed E-state index contributed by atoms with van der Waals surface area (Å²) in [5.41, 5.74) is 5.84. The number of nitrogens with two attached hydrogens (primary N) is 1. The van der Waals surface area contributed by atoms with Gasteiger partial charge in [-0.1, -0.05) is 20.8 Å². The lowest BCUT2D eigenvalue weighted by Gasteiger charge is -2.36. The number of hydrogen-bond donors (Lipinski definition) is 1. The minimum Gasteiger partial charge on any atom is -0.455 e. The number of hydrogen-bond acceptors (Lipinski definition) is 4. The van der Waals surface area contributed by atoms with Crippen molar-refractivity contribution < 1.29 is 9.21 Å². The lowest BCUT2D eigenvalue weighted by Crippen LogP contribution is -2.40. The summed E-state index contributed by atoms with van der Waals surface area (Å²) < 4.78 is 5.69. The van der Waals surface area contributed by atoms with Gasteiger partial charge in [0.05, 0.1) is 11.5 Å². The number of likely N-dealkylation sites (tertiary alicyclic amines) is 1. The molecule has 2 heterocycles. The maximum atomic E-state index is 11.4.